The summed E-state index contributed by atoms with van der Waals surface area (Å²) in [6, 6.07) is 9.92. The van der Waals surface area contributed by atoms with Crippen molar-refractivity contribution < 1.29 is 14.3 Å². The molecule has 5 nitrogen and oxygen atoms in total. The Bertz CT molecular complexity index is 706. The number of ether oxygens (including phenoxy) is 2. The number of rotatable bonds is 5. The van der Waals surface area contributed by atoms with Gasteiger partial charge in [0.2, 0.25) is 0 Å². The van der Waals surface area contributed by atoms with Crippen molar-refractivity contribution in [2.24, 2.45) is 5.10 Å². The van der Waals surface area contributed by atoms with Crippen LogP contribution in [0.15, 0.2) is 41.5 Å². The number of benzene rings is 2. The number of methoxy groups -OCH3 is 2. The van der Waals surface area contributed by atoms with Gasteiger partial charge in [-0.05, 0) is 24.3 Å². The molecule has 2 aromatic rings. The van der Waals surface area contributed by atoms with Crippen LogP contribution in [0, 0.1) is 0 Å². The van der Waals surface area contributed by atoms with Crippen molar-refractivity contribution in [3.8, 4) is 11.5 Å². The van der Waals surface area contributed by atoms with Gasteiger partial charge in [0.1, 0.15) is 11.5 Å². The minimum Gasteiger partial charge on any atom is -0.497 e. The lowest BCUT2D eigenvalue weighted by atomic mass is 10.2. The van der Waals surface area contributed by atoms with Gasteiger partial charge in [-0.3, -0.25) is 4.79 Å². The number of nitrogens with one attached hydrogen (secondary N) is 1. The summed E-state index contributed by atoms with van der Waals surface area (Å²) in [6.07, 6.45) is 1.39. The molecule has 0 radical (unpaired) electrons. The van der Waals surface area contributed by atoms with Crippen molar-refractivity contribution in [1.82, 2.24) is 5.43 Å². The van der Waals surface area contributed by atoms with Crippen molar-refractivity contribution in [2.45, 2.75) is 0 Å². The highest BCUT2D eigenvalue weighted by atomic mass is 35.5. The maximum atomic E-state index is 12.1. The van der Waals surface area contributed by atoms with E-state index in [1.54, 1.807) is 36.4 Å². The quantitative estimate of drug-likeness (QED) is 0.658. The van der Waals surface area contributed by atoms with Crippen molar-refractivity contribution in [1.29, 1.82) is 0 Å². The molecule has 0 aromatic heterocycles. The summed E-state index contributed by atoms with van der Waals surface area (Å²) in [6.45, 7) is 0. The van der Waals surface area contributed by atoms with E-state index in [2.05, 4.69) is 10.5 Å². The first-order valence-electron chi connectivity index (χ1n) is 6.55. The molecule has 0 atom stereocenters. The minimum absolute atomic E-state index is 0.351. The molecule has 2 rings (SSSR count). The van der Waals surface area contributed by atoms with Crippen LogP contribution in [0.3, 0.4) is 0 Å². The molecule has 23 heavy (non-hydrogen) atoms. The Kier molecular flexibility index (Phi) is 5.84. The van der Waals surface area contributed by atoms with Crippen LogP contribution >= 0.6 is 23.2 Å². The fourth-order valence-corrected chi connectivity index (χ4v) is 2.29. The normalized spacial score (nSPS) is 10.6. The van der Waals surface area contributed by atoms with E-state index in [1.165, 1.54) is 20.4 Å². The van der Waals surface area contributed by atoms with Gasteiger partial charge < -0.3 is 9.47 Å². The lowest BCUT2D eigenvalue weighted by Gasteiger charge is -2.07. The van der Waals surface area contributed by atoms with Crippen LogP contribution in [0.2, 0.25) is 10.0 Å². The highest BCUT2D eigenvalue weighted by Crippen LogP contribution is 2.23. The first kappa shape index (κ1) is 17.1. The topological polar surface area (TPSA) is 59.9 Å². The summed E-state index contributed by atoms with van der Waals surface area (Å²) in [5, 5.41) is 4.76. The fourth-order valence-electron chi connectivity index (χ4n) is 1.79. The molecule has 0 aliphatic heterocycles. The molecule has 0 aliphatic carbocycles. The van der Waals surface area contributed by atoms with E-state index in [1.807, 2.05) is 0 Å². The molecule has 0 saturated heterocycles. The fraction of sp³-hybridized carbons (Fsp3) is 0.125. The summed E-state index contributed by atoms with van der Waals surface area (Å²) in [7, 11) is 3.02. The van der Waals surface area contributed by atoms with E-state index in [4.69, 9.17) is 32.7 Å². The number of amides is 1. The van der Waals surface area contributed by atoms with Crippen molar-refractivity contribution in [3.63, 3.8) is 0 Å². The highest BCUT2D eigenvalue weighted by molar-refractivity contribution is 6.38. The van der Waals surface area contributed by atoms with Crippen LogP contribution in [0.5, 0.6) is 11.5 Å². The van der Waals surface area contributed by atoms with Gasteiger partial charge in [0.05, 0.1) is 30.5 Å². The second kappa shape index (κ2) is 7.85. The average molecular weight is 353 g/mol. The van der Waals surface area contributed by atoms with E-state index in [0.29, 0.717) is 32.7 Å². The number of hydrazone groups is 1. The van der Waals surface area contributed by atoms with Gasteiger partial charge in [-0.2, -0.15) is 5.10 Å². The molecule has 0 unspecified atom stereocenters. The molecule has 0 bridgehead atoms. The van der Waals surface area contributed by atoms with Crippen LogP contribution < -0.4 is 14.9 Å². The number of carbonyl (C=O) groups is 1. The van der Waals surface area contributed by atoms with Crippen molar-refractivity contribution >= 4 is 35.3 Å². The zero-order valence-electron chi connectivity index (χ0n) is 12.5. The Morgan fingerprint density at radius 1 is 1.09 bits per heavy atom. The molecule has 0 saturated carbocycles. The Hall–Kier alpha value is -2.24. The maximum Gasteiger partial charge on any atom is 0.271 e. The van der Waals surface area contributed by atoms with Gasteiger partial charge in [0, 0.05) is 17.2 Å². The largest absolute Gasteiger partial charge is 0.497 e. The summed E-state index contributed by atoms with van der Waals surface area (Å²) < 4.78 is 10.2. The first-order valence-corrected chi connectivity index (χ1v) is 7.31. The highest BCUT2D eigenvalue weighted by Gasteiger charge is 2.09. The Balaban J connectivity index is 2.15. The standard InChI is InChI=1S/C16H14Cl2N2O3/c1-22-11-6-10(7-12(8-11)23-2)16(21)20-19-9-13-14(17)4-3-5-15(13)18/h3-9H,1-2H3,(H,20,21)/b19-9+. The SMILES string of the molecule is COc1cc(OC)cc(C(=O)N/N=C/c2c(Cl)cccc2Cl)c1. The molecular formula is C16H14Cl2N2O3. The van der Waals surface area contributed by atoms with E-state index in [0.717, 1.165) is 0 Å². The van der Waals surface area contributed by atoms with Crippen LogP contribution in [0.4, 0.5) is 0 Å². The lowest BCUT2D eigenvalue weighted by molar-refractivity contribution is 0.0954. The number of carbonyl (C=O) groups excluding carboxylic acids is 1. The summed E-state index contributed by atoms with van der Waals surface area (Å²) in [5.74, 6) is 0.599. The Morgan fingerprint density at radius 3 is 2.17 bits per heavy atom. The second-order valence-corrected chi connectivity index (χ2v) is 5.25. The third-order valence-corrected chi connectivity index (χ3v) is 3.63. The van der Waals surface area contributed by atoms with Gasteiger partial charge in [-0.1, -0.05) is 29.3 Å². The molecule has 2 aromatic carbocycles. The summed E-state index contributed by atoms with van der Waals surface area (Å²) in [4.78, 5) is 12.1. The third-order valence-electron chi connectivity index (χ3n) is 2.97. The average Bonchev–Trinajstić information content (AvgIpc) is 2.56. The number of nitrogens with zero attached hydrogens (tertiary/aromatic N) is 1. The van der Waals surface area contributed by atoms with Gasteiger partial charge in [-0.25, -0.2) is 5.43 Å². The predicted molar refractivity (Wildman–Crippen MR) is 91.1 cm³/mol. The van der Waals surface area contributed by atoms with Gasteiger partial charge in [0.25, 0.3) is 5.91 Å². The number of halogens is 2. The maximum absolute atomic E-state index is 12.1. The van der Waals surface area contributed by atoms with Crippen LogP contribution in [0.25, 0.3) is 0 Å². The first-order chi connectivity index (χ1) is 11.0. The Morgan fingerprint density at radius 2 is 1.65 bits per heavy atom. The van der Waals surface area contributed by atoms with Crippen LogP contribution in [-0.4, -0.2) is 26.3 Å². The van der Waals surface area contributed by atoms with Gasteiger partial charge in [-0.15, -0.1) is 0 Å². The monoisotopic (exact) mass is 352 g/mol. The van der Waals surface area contributed by atoms with E-state index >= 15 is 0 Å². The number of hydrogen-bond donors (Lipinski definition) is 1. The van der Waals surface area contributed by atoms with E-state index in [9.17, 15) is 4.79 Å². The molecule has 0 fully saturated rings. The number of hydrogen-bond acceptors (Lipinski definition) is 4. The smallest absolute Gasteiger partial charge is 0.271 e. The zero-order valence-corrected chi connectivity index (χ0v) is 14.0. The van der Waals surface area contributed by atoms with Gasteiger partial charge in [0.15, 0.2) is 0 Å². The Labute approximate surface area is 143 Å². The molecule has 120 valence electrons. The zero-order chi connectivity index (χ0) is 16.8. The molecule has 1 amide bonds. The van der Waals surface area contributed by atoms with Crippen molar-refractivity contribution in [2.75, 3.05) is 14.2 Å². The van der Waals surface area contributed by atoms with Crippen LogP contribution in [-0.2, 0) is 0 Å². The molecule has 1 N–H and O–H groups in total. The van der Waals surface area contributed by atoms with Gasteiger partial charge >= 0.3 is 0 Å². The van der Waals surface area contributed by atoms with Crippen LogP contribution in [0.1, 0.15) is 15.9 Å². The lowest BCUT2D eigenvalue weighted by Crippen LogP contribution is -2.17. The van der Waals surface area contributed by atoms with Crippen molar-refractivity contribution in [3.05, 3.63) is 57.6 Å². The predicted octanol–water partition coefficient (Wildman–Crippen LogP) is 3.77. The molecular weight excluding hydrogens is 339 g/mol. The third kappa shape index (κ3) is 4.37. The summed E-state index contributed by atoms with van der Waals surface area (Å²) in [5.41, 5.74) is 3.28. The second-order valence-electron chi connectivity index (χ2n) is 4.44. The summed E-state index contributed by atoms with van der Waals surface area (Å²) >= 11 is 12.0. The molecule has 7 heteroatoms. The van der Waals surface area contributed by atoms with E-state index in [-0.39, 0.29) is 0 Å². The molecule has 0 heterocycles. The molecule has 0 aliphatic rings. The molecule has 0 spiro atoms. The van der Waals surface area contributed by atoms with E-state index < -0.39 is 5.91 Å². The minimum atomic E-state index is -0.415.